The number of aliphatic carboxylic acids is 1. The Morgan fingerprint density at radius 2 is 1.90 bits per heavy atom. The Morgan fingerprint density at radius 1 is 1.24 bits per heavy atom. The molecule has 6 nitrogen and oxygen atoms in total. The van der Waals surface area contributed by atoms with E-state index in [9.17, 15) is 9.59 Å². The maximum Gasteiger partial charge on any atom is 0.326 e. The van der Waals surface area contributed by atoms with Gasteiger partial charge in [0.25, 0.3) is 5.91 Å². The van der Waals surface area contributed by atoms with Gasteiger partial charge in [0.1, 0.15) is 6.04 Å². The minimum Gasteiger partial charge on any atom is -0.480 e. The monoisotopic (exact) mass is 287 g/mol. The molecule has 0 aliphatic rings. The van der Waals surface area contributed by atoms with Crippen molar-refractivity contribution in [3.8, 4) is 5.69 Å². The minimum absolute atomic E-state index is 0.185. The number of hydrogen-bond acceptors (Lipinski definition) is 3. The summed E-state index contributed by atoms with van der Waals surface area (Å²) in [4.78, 5) is 23.2. The summed E-state index contributed by atoms with van der Waals surface area (Å²) in [7, 11) is 0. The average molecular weight is 287 g/mol. The number of amides is 1. The molecule has 1 heterocycles. The fourth-order valence-electron chi connectivity index (χ4n) is 1.93. The first-order valence-corrected chi connectivity index (χ1v) is 6.63. The average Bonchev–Trinajstić information content (AvgIpc) is 2.98. The Labute approximate surface area is 122 Å². The standard InChI is InChI=1S/C15H17N3O3/c1-10(2)13(15(20)21)17-14(19)11-4-6-12(7-5-11)18-9-3-8-16-18/h3-10,13H,1-2H3,(H,17,19)(H,20,21)/t13-/m1/s1. The van der Waals surface area contributed by atoms with Crippen LogP contribution in [0.4, 0.5) is 0 Å². The summed E-state index contributed by atoms with van der Waals surface area (Å²) in [5.74, 6) is -1.62. The van der Waals surface area contributed by atoms with E-state index in [4.69, 9.17) is 5.11 Å². The Balaban J connectivity index is 2.11. The molecule has 0 saturated heterocycles. The number of aromatic nitrogens is 2. The van der Waals surface area contributed by atoms with Crippen LogP contribution in [0.25, 0.3) is 5.69 Å². The lowest BCUT2D eigenvalue weighted by atomic mass is 10.0. The molecule has 2 aromatic rings. The lowest BCUT2D eigenvalue weighted by Gasteiger charge is -2.17. The summed E-state index contributed by atoms with van der Waals surface area (Å²) >= 11 is 0. The van der Waals surface area contributed by atoms with E-state index in [0.29, 0.717) is 5.56 Å². The highest BCUT2D eigenvalue weighted by Crippen LogP contribution is 2.10. The van der Waals surface area contributed by atoms with Crippen LogP contribution in [0.3, 0.4) is 0 Å². The predicted octanol–water partition coefficient (Wildman–Crippen LogP) is 1.71. The van der Waals surface area contributed by atoms with Gasteiger partial charge < -0.3 is 10.4 Å². The van der Waals surface area contributed by atoms with Gasteiger partial charge >= 0.3 is 5.97 Å². The van der Waals surface area contributed by atoms with Crippen molar-refractivity contribution in [3.05, 3.63) is 48.3 Å². The molecule has 2 N–H and O–H groups in total. The van der Waals surface area contributed by atoms with Gasteiger partial charge in [-0.25, -0.2) is 9.48 Å². The number of carbonyl (C=O) groups is 2. The van der Waals surface area contributed by atoms with Gasteiger partial charge in [0.05, 0.1) is 5.69 Å². The van der Waals surface area contributed by atoms with Gasteiger partial charge in [0, 0.05) is 18.0 Å². The van der Waals surface area contributed by atoms with Crippen molar-refractivity contribution in [2.24, 2.45) is 5.92 Å². The van der Waals surface area contributed by atoms with E-state index >= 15 is 0 Å². The van der Waals surface area contributed by atoms with E-state index in [2.05, 4.69) is 10.4 Å². The minimum atomic E-state index is -1.04. The predicted molar refractivity (Wildman–Crippen MR) is 77.3 cm³/mol. The SMILES string of the molecule is CC(C)[C@@H](NC(=O)c1ccc(-n2cccn2)cc1)C(=O)O. The normalized spacial score (nSPS) is 12.1. The first-order chi connectivity index (χ1) is 9.99. The molecular weight excluding hydrogens is 270 g/mol. The van der Waals surface area contributed by atoms with E-state index in [-0.39, 0.29) is 5.92 Å². The van der Waals surface area contributed by atoms with Crippen molar-refractivity contribution in [1.82, 2.24) is 15.1 Å². The summed E-state index contributed by atoms with van der Waals surface area (Å²) in [6.07, 6.45) is 3.47. The van der Waals surface area contributed by atoms with Crippen LogP contribution in [-0.4, -0.2) is 32.8 Å². The first-order valence-electron chi connectivity index (χ1n) is 6.63. The summed E-state index contributed by atoms with van der Waals surface area (Å²) < 4.78 is 1.68. The second-order valence-electron chi connectivity index (χ2n) is 5.03. The van der Waals surface area contributed by atoms with Crippen molar-refractivity contribution in [1.29, 1.82) is 0 Å². The Hall–Kier alpha value is -2.63. The Morgan fingerprint density at radius 3 is 2.38 bits per heavy atom. The molecule has 0 spiro atoms. The number of nitrogens with one attached hydrogen (secondary N) is 1. The molecule has 6 heteroatoms. The third-order valence-corrected chi connectivity index (χ3v) is 3.12. The van der Waals surface area contributed by atoms with Crippen LogP contribution in [0.1, 0.15) is 24.2 Å². The van der Waals surface area contributed by atoms with Gasteiger partial charge in [-0.3, -0.25) is 4.79 Å². The van der Waals surface area contributed by atoms with E-state index in [0.717, 1.165) is 5.69 Å². The van der Waals surface area contributed by atoms with Gasteiger partial charge in [0.2, 0.25) is 0 Å². The van der Waals surface area contributed by atoms with Crippen LogP contribution in [0.15, 0.2) is 42.7 Å². The summed E-state index contributed by atoms with van der Waals surface area (Å²) in [6.45, 7) is 3.50. The molecule has 1 aromatic carbocycles. The molecule has 1 aromatic heterocycles. The van der Waals surface area contributed by atoms with E-state index in [1.807, 2.05) is 0 Å². The molecule has 110 valence electrons. The zero-order valence-electron chi connectivity index (χ0n) is 11.9. The number of hydrogen-bond donors (Lipinski definition) is 2. The third kappa shape index (κ3) is 3.47. The number of carbonyl (C=O) groups excluding carboxylic acids is 1. The summed E-state index contributed by atoms with van der Waals surface area (Å²) in [5, 5.41) is 15.7. The molecule has 0 bridgehead atoms. The molecule has 1 amide bonds. The number of benzene rings is 1. The topological polar surface area (TPSA) is 84.2 Å². The lowest BCUT2D eigenvalue weighted by Crippen LogP contribution is -2.44. The number of carboxylic acid groups (broad SMARTS) is 1. The third-order valence-electron chi connectivity index (χ3n) is 3.12. The van der Waals surface area contributed by atoms with Crippen LogP contribution in [0.5, 0.6) is 0 Å². The Bertz CT molecular complexity index is 618. The van der Waals surface area contributed by atoms with Gasteiger partial charge in [-0.05, 0) is 36.2 Å². The molecule has 1 atom stereocenters. The number of carboxylic acids is 1. The van der Waals surface area contributed by atoms with Crippen molar-refractivity contribution >= 4 is 11.9 Å². The Kier molecular flexibility index (Phi) is 4.37. The molecule has 0 fully saturated rings. The molecule has 0 radical (unpaired) electrons. The van der Waals surface area contributed by atoms with Gasteiger partial charge in [-0.1, -0.05) is 13.8 Å². The lowest BCUT2D eigenvalue weighted by molar-refractivity contribution is -0.140. The van der Waals surface area contributed by atoms with Crippen LogP contribution >= 0.6 is 0 Å². The molecule has 0 aliphatic heterocycles. The molecule has 21 heavy (non-hydrogen) atoms. The highest BCUT2D eigenvalue weighted by molar-refractivity contribution is 5.96. The van der Waals surface area contributed by atoms with Gasteiger partial charge in [0.15, 0.2) is 0 Å². The zero-order valence-corrected chi connectivity index (χ0v) is 11.9. The van der Waals surface area contributed by atoms with Crippen LogP contribution < -0.4 is 5.32 Å². The van der Waals surface area contributed by atoms with E-state index in [1.54, 1.807) is 61.3 Å². The highest BCUT2D eigenvalue weighted by atomic mass is 16.4. The smallest absolute Gasteiger partial charge is 0.326 e. The zero-order chi connectivity index (χ0) is 15.4. The van der Waals surface area contributed by atoms with Gasteiger partial charge in [-0.15, -0.1) is 0 Å². The number of rotatable bonds is 5. The molecular formula is C15H17N3O3. The van der Waals surface area contributed by atoms with Crippen molar-refractivity contribution in [2.45, 2.75) is 19.9 Å². The van der Waals surface area contributed by atoms with E-state index < -0.39 is 17.9 Å². The maximum absolute atomic E-state index is 12.1. The van der Waals surface area contributed by atoms with Crippen molar-refractivity contribution < 1.29 is 14.7 Å². The van der Waals surface area contributed by atoms with Gasteiger partial charge in [-0.2, -0.15) is 5.10 Å². The quantitative estimate of drug-likeness (QED) is 0.876. The molecule has 0 unspecified atom stereocenters. The summed E-state index contributed by atoms with van der Waals surface area (Å²) in [5.41, 5.74) is 1.24. The summed E-state index contributed by atoms with van der Waals surface area (Å²) in [6, 6.07) is 7.71. The molecule has 2 rings (SSSR count). The fraction of sp³-hybridized carbons (Fsp3) is 0.267. The van der Waals surface area contributed by atoms with Crippen LogP contribution in [-0.2, 0) is 4.79 Å². The van der Waals surface area contributed by atoms with Crippen molar-refractivity contribution in [3.63, 3.8) is 0 Å². The van der Waals surface area contributed by atoms with E-state index in [1.165, 1.54) is 0 Å². The fourth-order valence-corrected chi connectivity index (χ4v) is 1.93. The highest BCUT2D eigenvalue weighted by Gasteiger charge is 2.23. The second-order valence-corrected chi connectivity index (χ2v) is 5.03. The van der Waals surface area contributed by atoms with Crippen LogP contribution in [0.2, 0.25) is 0 Å². The first kappa shape index (κ1) is 14.8. The maximum atomic E-state index is 12.1. The number of nitrogens with zero attached hydrogens (tertiary/aromatic N) is 2. The second kappa shape index (κ2) is 6.21. The largest absolute Gasteiger partial charge is 0.480 e. The van der Waals surface area contributed by atoms with Crippen LogP contribution in [0, 0.1) is 5.92 Å². The molecule has 0 saturated carbocycles. The van der Waals surface area contributed by atoms with Crippen molar-refractivity contribution in [2.75, 3.05) is 0 Å². The molecule has 0 aliphatic carbocycles.